The van der Waals surface area contributed by atoms with Gasteiger partial charge < -0.3 is 15.0 Å². The Kier molecular flexibility index (Phi) is 5.92. The van der Waals surface area contributed by atoms with E-state index in [2.05, 4.69) is 24.2 Å². The van der Waals surface area contributed by atoms with Crippen molar-refractivity contribution in [1.29, 1.82) is 0 Å². The fourth-order valence-electron chi connectivity index (χ4n) is 2.32. The van der Waals surface area contributed by atoms with Crippen molar-refractivity contribution in [3.8, 4) is 0 Å². The molecular weight excluding hydrogens is 216 g/mol. The Morgan fingerprint density at radius 1 is 1.53 bits per heavy atom. The average Bonchev–Trinajstić information content (AvgIpc) is 2.30. The summed E-state index contributed by atoms with van der Waals surface area (Å²) in [4.78, 5) is 14.1. The summed E-state index contributed by atoms with van der Waals surface area (Å²) in [6.07, 6.45) is 3.00. The fourth-order valence-corrected chi connectivity index (χ4v) is 2.32. The van der Waals surface area contributed by atoms with E-state index in [9.17, 15) is 4.79 Å². The lowest BCUT2D eigenvalue weighted by Crippen LogP contribution is -2.50. The predicted molar refractivity (Wildman–Crippen MR) is 69.0 cm³/mol. The van der Waals surface area contributed by atoms with E-state index >= 15 is 0 Å². The molecule has 4 nitrogen and oxygen atoms in total. The highest BCUT2D eigenvalue weighted by atomic mass is 16.5. The topological polar surface area (TPSA) is 41.6 Å². The summed E-state index contributed by atoms with van der Waals surface area (Å²) < 4.78 is 5.07. The number of rotatable bonds is 5. The summed E-state index contributed by atoms with van der Waals surface area (Å²) >= 11 is 0. The highest BCUT2D eigenvalue weighted by molar-refractivity contribution is 5.75. The molecule has 1 saturated heterocycles. The third-order valence-corrected chi connectivity index (χ3v) is 3.62. The van der Waals surface area contributed by atoms with Gasteiger partial charge in [0.1, 0.15) is 6.04 Å². The quantitative estimate of drug-likeness (QED) is 0.740. The molecule has 100 valence electrons. The molecule has 3 atom stereocenters. The van der Waals surface area contributed by atoms with E-state index < -0.39 is 0 Å². The normalized spacial score (nSPS) is 27.8. The van der Waals surface area contributed by atoms with Crippen molar-refractivity contribution in [1.82, 2.24) is 10.2 Å². The van der Waals surface area contributed by atoms with E-state index in [0.29, 0.717) is 18.7 Å². The van der Waals surface area contributed by atoms with Gasteiger partial charge in [0.25, 0.3) is 0 Å². The molecule has 17 heavy (non-hydrogen) atoms. The van der Waals surface area contributed by atoms with Crippen LogP contribution in [0.1, 0.15) is 40.0 Å². The molecule has 1 aliphatic rings. The van der Waals surface area contributed by atoms with Gasteiger partial charge in [-0.05, 0) is 46.7 Å². The number of piperidine rings is 1. The minimum atomic E-state index is -0.143. The number of likely N-dealkylation sites (tertiary alicyclic amines) is 1. The zero-order valence-electron chi connectivity index (χ0n) is 11.5. The van der Waals surface area contributed by atoms with Crippen LogP contribution in [-0.2, 0) is 9.53 Å². The van der Waals surface area contributed by atoms with Crippen LogP contribution in [0.4, 0.5) is 0 Å². The van der Waals surface area contributed by atoms with E-state index in [1.807, 2.05) is 13.8 Å². The summed E-state index contributed by atoms with van der Waals surface area (Å²) in [5.74, 6) is -0.110. The lowest BCUT2D eigenvalue weighted by Gasteiger charge is -2.36. The van der Waals surface area contributed by atoms with Crippen LogP contribution >= 0.6 is 0 Å². The van der Waals surface area contributed by atoms with Crippen molar-refractivity contribution in [3.63, 3.8) is 0 Å². The number of ether oxygens (including phenoxy) is 1. The predicted octanol–water partition coefficient (Wildman–Crippen LogP) is 1.40. The molecule has 0 aromatic heterocycles. The number of hydrogen-bond donors (Lipinski definition) is 1. The number of carbonyl (C=O) groups is 1. The molecule has 0 saturated carbocycles. The summed E-state index contributed by atoms with van der Waals surface area (Å²) in [5, 5.41) is 3.44. The second kappa shape index (κ2) is 6.97. The van der Waals surface area contributed by atoms with Gasteiger partial charge in [-0.15, -0.1) is 0 Å². The Bertz CT molecular complexity index is 246. The Balaban J connectivity index is 2.43. The number of hydrogen-bond acceptors (Lipinski definition) is 4. The maximum Gasteiger partial charge on any atom is 0.323 e. The molecule has 0 spiro atoms. The highest BCUT2D eigenvalue weighted by Gasteiger charge is 2.27. The minimum absolute atomic E-state index is 0.110. The summed E-state index contributed by atoms with van der Waals surface area (Å²) in [5.41, 5.74) is 0. The molecule has 4 heteroatoms. The molecule has 1 rings (SSSR count). The van der Waals surface area contributed by atoms with Crippen LogP contribution in [0.2, 0.25) is 0 Å². The molecule has 1 N–H and O–H groups in total. The van der Waals surface area contributed by atoms with Crippen molar-refractivity contribution in [3.05, 3.63) is 0 Å². The van der Waals surface area contributed by atoms with E-state index in [0.717, 1.165) is 25.8 Å². The second-order valence-electron chi connectivity index (χ2n) is 4.93. The van der Waals surface area contributed by atoms with Crippen LogP contribution in [-0.4, -0.2) is 49.2 Å². The summed E-state index contributed by atoms with van der Waals surface area (Å²) in [7, 11) is 2.16. The zero-order chi connectivity index (χ0) is 12.8. The van der Waals surface area contributed by atoms with Gasteiger partial charge in [0.2, 0.25) is 0 Å². The summed E-state index contributed by atoms with van der Waals surface area (Å²) in [6, 6.07) is 0.882. The molecular formula is C13H26N2O2. The van der Waals surface area contributed by atoms with Crippen molar-refractivity contribution < 1.29 is 9.53 Å². The van der Waals surface area contributed by atoms with Crippen LogP contribution in [0.25, 0.3) is 0 Å². The first-order valence-corrected chi connectivity index (χ1v) is 6.71. The SMILES string of the molecule is CCOC(=O)C(CC)NC1CCN(C)C(C)C1. The van der Waals surface area contributed by atoms with E-state index in [-0.39, 0.29) is 12.0 Å². The Morgan fingerprint density at radius 3 is 2.76 bits per heavy atom. The van der Waals surface area contributed by atoms with Crippen molar-refractivity contribution in [2.75, 3.05) is 20.2 Å². The van der Waals surface area contributed by atoms with E-state index in [1.54, 1.807) is 0 Å². The third-order valence-electron chi connectivity index (χ3n) is 3.62. The lowest BCUT2D eigenvalue weighted by molar-refractivity contribution is -0.146. The Labute approximate surface area is 105 Å². The van der Waals surface area contributed by atoms with Gasteiger partial charge in [-0.3, -0.25) is 4.79 Å². The maximum absolute atomic E-state index is 11.7. The summed E-state index contributed by atoms with van der Waals surface area (Å²) in [6.45, 7) is 7.66. The van der Waals surface area contributed by atoms with Gasteiger partial charge >= 0.3 is 5.97 Å². The third kappa shape index (κ3) is 4.28. The molecule has 0 aliphatic carbocycles. The van der Waals surface area contributed by atoms with Gasteiger partial charge in [0.15, 0.2) is 0 Å². The van der Waals surface area contributed by atoms with Crippen LogP contribution in [0.3, 0.4) is 0 Å². The van der Waals surface area contributed by atoms with E-state index in [1.165, 1.54) is 0 Å². The number of nitrogens with one attached hydrogen (secondary N) is 1. The Hall–Kier alpha value is -0.610. The first-order chi connectivity index (χ1) is 8.08. The standard InChI is InChI=1S/C13H26N2O2/c1-5-12(13(16)17-6-2)14-11-7-8-15(4)10(3)9-11/h10-12,14H,5-9H2,1-4H3. The average molecular weight is 242 g/mol. The first kappa shape index (κ1) is 14.5. The molecule has 3 unspecified atom stereocenters. The maximum atomic E-state index is 11.7. The van der Waals surface area contributed by atoms with Crippen LogP contribution in [0, 0.1) is 0 Å². The minimum Gasteiger partial charge on any atom is -0.465 e. The Morgan fingerprint density at radius 2 is 2.24 bits per heavy atom. The van der Waals surface area contributed by atoms with Crippen molar-refractivity contribution >= 4 is 5.97 Å². The van der Waals surface area contributed by atoms with Crippen LogP contribution in [0.5, 0.6) is 0 Å². The van der Waals surface area contributed by atoms with Crippen LogP contribution in [0.15, 0.2) is 0 Å². The monoisotopic (exact) mass is 242 g/mol. The number of esters is 1. The smallest absolute Gasteiger partial charge is 0.323 e. The molecule has 1 heterocycles. The van der Waals surface area contributed by atoms with Gasteiger partial charge in [0, 0.05) is 12.1 Å². The van der Waals surface area contributed by atoms with E-state index in [4.69, 9.17) is 4.74 Å². The lowest BCUT2D eigenvalue weighted by atomic mass is 9.98. The first-order valence-electron chi connectivity index (χ1n) is 6.71. The molecule has 0 amide bonds. The zero-order valence-corrected chi connectivity index (χ0v) is 11.5. The number of carbonyl (C=O) groups excluding carboxylic acids is 1. The highest BCUT2D eigenvalue weighted by Crippen LogP contribution is 2.16. The van der Waals surface area contributed by atoms with Gasteiger partial charge in [-0.1, -0.05) is 6.92 Å². The van der Waals surface area contributed by atoms with Crippen molar-refractivity contribution in [2.24, 2.45) is 0 Å². The fraction of sp³-hybridized carbons (Fsp3) is 0.923. The van der Waals surface area contributed by atoms with Gasteiger partial charge in [0.05, 0.1) is 6.61 Å². The molecule has 1 fully saturated rings. The molecule has 0 bridgehead atoms. The number of nitrogens with zero attached hydrogens (tertiary/aromatic N) is 1. The molecule has 0 aromatic rings. The van der Waals surface area contributed by atoms with Gasteiger partial charge in [-0.2, -0.15) is 0 Å². The second-order valence-corrected chi connectivity index (χ2v) is 4.93. The van der Waals surface area contributed by atoms with Crippen LogP contribution < -0.4 is 5.32 Å². The molecule has 0 radical (unpaired) electrons. The van der Waals surface area contributed by atoms with Crippen molar-refractivity contribution in [2.45, 2.75) is 58.2 Å². The molecule has 0 aromatic carbocycles. The molecule has 1 aliphatic heterocycles. The largest absolute Gasteiger partial charge is 0.465 e. The van der Waals surface area contributed by atoms with Gasteiger partial charge in [-0.25, -0.2) is 0 Å².